The van der Waals surface area contributed by atoms with Crippen molar-refractivity contribution in [1.82, 2.24) is 5.32 Å². The fourth-order valence-corrected chi connectivity index (χ4v) is 3.67. The van der Waals surface area contributed by atoms with Crippen LogP contribution in [0.25, 0.3) is 10.8 Å². The number of ether oxygens (including phenoxy) is 2. The Morgan fingerprint density at radius 3 is 2.14 bits per heavy atom. The number of hydrogen-bond acceptors (Lipinski definition) is 3. The third-order valence-corrected chi connectivity index (χ3v) is 5.08. The van der Waals surface area contributed by atoms with Crippen molar-refractivity contribution in [2.45, 2.75) is 6.04 Å². The van der Waals surface area contributed by atoms with Crippen LogP contribution in [0.1, 0.15) is 17.2 Å². The van der Waals surface area contributed by atoms with Crippen LogP contribution in [0, 0.1) is 0 Å². The maximum Gasteiger partial charge on any atom is 0.258 e. The van der Waals surface area contributed by atoms with E-state index in [4.69, 9.17) is 9.47 Å². The van der Waals surface area contributed by atoms with E-state index in [-0.39, 0.29) is 18.6 Å². The molecule has 1 heterocycles. The molecule has 0 fully saturated rings. The molecule has 0 saturated carbocycles. The maximum atomic E-state index is 12.7. The van der Waals surface area contributed by atoms with E-state index in [2.05, 4.69) is 5.32 Å². The lowest BCUT2D eigenvalue weighted by molar-refractivity contribution is -0.123. The Morgan fingerprint density at radius 2 is 1.41 bits per heavy atom. The third-order valence-electron chi connectivity index (χ3n) is 5.08. The first-order chi connectivity index (χ1) is 14.3. The van der Waals surface area contributed by atoms with Crippen molar-refractivity contribution >= 4 is 16.7 Å². The topological polar surface area (TPSA) is 47.6 Å². The number of benzene rings is 4. The van der Waals surface area contributed by atoms with Crippen molar-refractivity contribution in [3.8, 4) is 17.2 Å². The lowest BCUT2D eigenvalue weighted by Crippen LogP contribution is -2.34. The molecule has 0 radical (unpaired) electrons. The molecular weight excluding hydrogens is 362 g/mol. The predicted molar refractivity (Wildman–Crippen MR) is 112 cm³/mol. The second-order valence-electron chi connectivity index (χ2n) is 6.98. The van der Waals surface area contributed by atoms with Crippen molar-refractivity contribution in [3.63, 3.8) is 0 Å². The number of nitrogens with one attached hydrogen (secondary N) is 1. The summed E-state index contributed by atoms with van der Waals surface area (Å²) in [7, 11) is 0. The van der Waals surface area contributed by atoms with Crippen LogP contribution in [0.4, 0.5) is 0 Å². The molecule has 0 aliphatic carbocycles. The first-order valence-electron chi connectivity index (χ1n) is 9.54. The molecule has 0 spiro atoms. The summed E-state index contributed by atoms with van der Waals surface area (Å²) in [5, 5.41) is 5.31. The van der Waals surface area contributed by atoms with Crippen molar-refractivity contribution in [2.24, 2.45) is 0 Å². The van der Waals surface area contributed by atoms with Gasteiger partial charge in [0, 0.05) is 11.1 Å². The Hall–Kier alpha value is -3.79. The van der Waals surface area contributed by atoms with Gasteiger partial charge in [0.25, 0.3) is 5.91 Å². The maximum absolute atomic E-state index is 12.7. The van der Waals surface area contributed by atoms with Gasteiger partial charge in [-0.3, -0.25) is 4.79 Å². The van der Waals surface area contributed by atoms with E-state index < -0.39 is 0 Å². The highest BCUT2D eigenvalue weighted by Gasteiger charge is 2.28. The van der Waals surface area contributed by atoms with E-state index in [1.165, 1.54) is 0 Å². The number of rotatable bonds is 4. The number of hydrogen-bond donors (Lipinski definition) is 1. The second kappa shape index (κ2) is 7.32. The van der Waals surface area contributed by atoms with Crippen LogP contribution in [-0.2, 0) is 4.79 Å². The Morgan fingerprint density at radius 1 is 0.793 bits per heavy atom. The minimum Gasteiger partial charge on any atom is -0.484 e. The predicted octanol–water partition coefficient (Wildman–Crippen LogP) is 5.23. The van der Waals surface area contributed by atoms with Crippen LogP contribution in [0.3, 0.4) is 0 Å². The monoisotopic (exact) mass is 381 g/mol. The van der Waals surface area contributed by atoms with Crippen LogP contribution in [-0.4, -0.2) is 12.5 Å². The second-order valence-corrected chi connectivity index (χ2v) is 6.98. The van der Waals surface area contributed by atoms with Crippen LogP contribution < -0.4 is 14.8 Å². The average molecular weight is 381 g/mol. The lowest BCUT2D eigenvalue weighted by atomic mass is 9.94. The summed E-state index contributed by atoms with van der Waals surface area (Å²) in [4.78, 5) is 12.7. The summed E-state index contributed by atoms with van der Waals surface area (Å²) >= 11 is 0. The molecule has 29 heavy (non-hydrogen) atoms. The Kier molecular flexibility index (Phi) is 4.37. The molecule has 1 aliphatic rings. The van der Waals surface area contributed by atoms with E-state index >= 15 is 0 Å². The summed E-state index contributed by atoms with van der Waals surface area (Å²) in [5.74, 6) is 2.00. The van der Waals surface area contributed by atoms with Crippen molar-refractivity contribution in [2.75, 3.05) is 6.61 Å². The molecule has 142 valence electrons. The van der Waals surface area contributed by atoms with Gasteiger partial charge < -0.3 is 14.8 Å². The van der Waals surface area contributed by atoms with Crippen LogP contribution in [0.5, 0.6) is 17.2 Å². The van der Waals surface area contributed by atoms with Crippen molar-refractivity contribution in [1.29, 1.82) is 0 Å². The van der Waals surface area contributed by atoms with Gasteiger partial charge in [0.05, 0.1) is 6.04 Å². The largest absolute Gasteiger partial charge is 0.484 e. The molecule has 1 N–H and O–H groups in total. The van der Waals surface area contributed by atoms with Crippen LogP contribution >= 0.6 is 0 Å². The van der Waals surface area contributed by atoms with Gasteiger partial charge in [0.15, 0.2) is 6.61 Å². The Balaban J connectivity index is 1.34. The molecule has 0 atom stereocenters. The molecule has 0 bridgehead atoms. The summed E-state index contributed by atoms with van der Waals surface area (Å²) in [6.45, 7) is -0.0555. The normalized spacial score (nSPS) is 12.6. The zero-order valence-corrected chi connectivity index (χ0v) is 15.7. The average Bonchev–Trinajstić information content (AvgIpc) is 2.77. The fourth-order valence-electron chi connectivity index (χ4n) is 3.67. The van der Waals surface area contributed by atoms with E-state index in [1.54, 1.807) is 0 Å². The molecule has 0 aromatic heterocycles. The number of fused-ring (bicyclic) bond motifs is 3. The molecule has 4 nitrogen and oxygen atoms in total. The van der Waals surface area contributed by atoms with Crippen molar-refractivity contribution < 1.29 is 14.3 Å². The number of carbonyl (C=O) groups is 1. The van der Waals surface area contributed by atoms with Crippen LogP contribution in [0.15, 0.2) is 91.0 Å². The Labute approximate surface area is 168 Å². The van der Waals surface area contributed by atoms with Gasteiger partial charge in [-0.15, -0.1) is 0 Å². The first kappa shape index (κ1) is 17.3. The highest BCUT2D eigenvalue weighted by molar-refractivity contribution is 5.84. The van der Waals surface area contributed by atoms with Gasteiger partial charge in [0.2, 0.25) is 0 Å². The Bertz CT molecular complexity index is 1160. The van der Waals surface area contributed by atoms with Gasteiger partial charge in [-0.2, -0.15) is 0 Å². The standard InChI is InChI=1S/C25H19NO3/c27-24(16-28-19-14-13-17-7-1-2-8-18(17)15-19)26-25-20-9-3-5-11-22(20)29-23-12-6-4-10-21(23)25/h1-15,25H,16H2,(H,26,27). The SMILES string of the molecule is O=C(COc1ccc2ccccc2c1)NC1c2ccccc2Oc2ccccc21. The minimum absolute atomic E-state index is 0.0555. The summed E-state index contributed by atoms with van der Waals surface area (Å²) < 4.78 is 11.7. The molecular formula is C25H19NO3. The molecule has 5 rings (SSSR count). The number of amides is 1. The summed E-state index contributed by atoms with van der Waals surface area (Å²) in [6.07, 6.45) is 0. The van der Waals surface area contributed by atoms with Crippen molar-refractivity contribution in [3.05, 3.63) is 102 Å². The quantitative estimate of drug-likeness (QED) is 0.527. The molecule has 1 amide bonds. The first-order valence-corrected chi connectivity index (χ1v) is 9.54. The van der Waals surface area contributed by atoms with E-state index in [0.29, 0.717) is 5.75 Å². The van der Waals surface area contributed by atoms with E-state index in [1.807, 2.05) is 91.0 Å². The highest BCUT2D eigenvalue weighted by Crippen LogP contribution is 2.42. The van der Waals surface area contributed by atoms with Crippen LogP contribution in [0.2, 0.25) is 0 Å². The number of carbonyl (C=O) groups excluding carboxylic acids is 1. The van der Waals surface area contributed by atoms with Gasteiger partial charge in [0.1, 0.15) is 17.2 Å². The molecule has 0 saturated heterocycles. The van der Waals surface area contributed by atoms with Gasteiger partial charge >= 0.3 is 0 Å². The van der Waals surface area contributed by atoms with Gasteiger partial charge in [-0.1, -0.05) is 66.7 Å². The zero-order valence-electron chi connectivity index (χ0n) is 15.7. The van der Waals surface area contributed by atoms with E-state index in [9.17, 15) is 4.79 Å². The fraction of sp³-hybridized carbons (Fsp3) is 0.0800. The van der Waals surface area contributed by atoms with Gasteiger partial charge in [-0.25, -0.2) is 0 Å². The molecule has 4 heteroatoms. The molecule has 1 aliphatic heterocycles. The highest BCUT2D eigenvalue weighted by atomic mass is 16.5. The molecule has 4 aromatic rings. The van der Waals surface area contributed by atoms with E-state index in [0.717, 1.165) is 33.4 Å². The van der Waals surface area contributed by atoms with Gasteiger partial charge in [-0.05, 0) is 35.0 Å². The summed E-state index contributed by atoms with van der Waals surface area (Å²) in [5.41, 5.74) is 1.87. The smallest absolute Gasteiger partial charge is 0.258 e. The minimum atomic E-state index is -0.274. The molecule has 4 aromatic carbocycles. The number of para-hydroxylation sites is 2. The molecule has 0 unspecified atom stereocenters. The lowest BCUT2D eigenvalue weighted by Gasteiger charge is -2.28. The summed E-state index contributed by atoms with van der Waals surface area (Å²) in [6, 6.07) is 29.1. The zero-order chi connectivity index (χ0) is 19.6. The third kappa shape index (κ3) is 3.41.